The van der Waals surface area contributed by atoms with Crippen LogP contribution in [0.4, 0.5) is 0 Å². The molecule has 0 aliphatic carbocycles. The molecule has 0 atom stereocenters. The molecule has 0 rings (SSSR count). The highest BCUT2D eigenvalue weighted by Crippen LogP contribution is 2.03. The molecule has 0 radical (unpaired) electrons. The topological polar surface area (TPSA) is 80.3 Å². The van der Waals surface area contributed by atoms with Crippen LogP contribution in [0.1, 0.15) is 78.1 Å². The molecule has 0 N–H and O–H groups in total. The Morgan fingerprint density at radius 3 is 1.28 bits per heavy atom. The Balaban J connectivity index is 3.24. The summed E-state index contributed by atoms with van der Waals surface area (Å²) in [7, 11) is 0. The standard InChI is InChI=1S/C22H42O7/c1-3-5-7-9-11-13-28-21(23)19-26-17-15-25-16-18-27-20-22(24)29-14-12-10-8-6-4-2/h3-20H2,1-2H3. The summed E-state index contributed by atoms with van der Waals surface area (Å²) in [4.78, 5) is 22.9. The fourth-order valence-corrected chi connectivity index (χ4v) is 2.52. The first kappa shape index (κ1) is 27.8. The predicted molar refractivity (Wildman–Crippen MR) is 112 cm³/mol. The van der Waals surface area contributed by atoms with E-state index < -0.39 is 0 Å². The maximum absolute atomic E-state index is 11.5. The Labute approximate surface area is 176 Å². The summed E-state index contributed by atoms with van der Waals surface area (Å²) in [5.41, 5.74) is 0. The number of carbonyl (C=O) groups excluding carboxylic acids is 2. The van der Waals surface area contributed by atoms with Gasteiger partial charge in [0, 0.05) is 0 Å². The molecular formula is C22H42O7. The van der Waals surface area contributed by atoms with Gasteiger partial charge in [-0.05, 0) is 12.8 Å². The first-order chi connectivity index (χ1) is 14.2. The van der Waals surface area contributed by atoms with E-state index in [0.717, 1.165) is 25.7 Å². The minimum absolute atomic E-state index is 0.0564. The third-order valence-electron chi connectivity index (χ3n) is 4.21. The van der Waals surface area contributed by atoms with E-state index in [0.29, 0.717) is 39.6 Å². The lowest BCUT2D eigenvalue weighted by atomic mass is 10.2. The molecule has 0 amide bonds. The van der Waals surface area contributed by atoms with Gasteiger partial charge >= 0.3 is 11.9 Å². The summed E-state index contributed by atoms with van der Waals surface area (Å²) < 4.78 is 25.9. The zero-order valence-corrected chi connectivity index (χ0v) is 18.6. The van der Waals surface area contributed by atoms with Crippen molar-refractivity contribution in [2.24, 2.45) is 0 Å². The molecule has 0 fully saturated rings. The van der Waals surface area contributed by atoms with Crippen molar-refractivity contribution in [3.05, 3.63) is 0 Å². The molecule has 0 aromatic carbocycles. The molecule has 7 nitrogen and oxygen atoms in total. The molecule has 0 saturated carbocycles. The molecule has 0 aliphatic heterocycles. The van der Waals surface area contributed by atoms with Crippen molar-refractivity contribution in [2.45, 2.75) is 78.1 Å². The second kappa shape index (κ2) is 23.1. The van der Waals surface area contributed by atoms with Gasteiger partial charge in [-0.2, -0.15) is 0 Å². The van der Waals surface area contributed by atoms with Crippen LogP contribution in [-0.2, 0) is 33.3 Å². The normalized spacial score (nSPS) is 10.8. The van der Waals surface area contributed by atoms with Gasteiger partial charge in [0.2, 0.25) is 0 Å². The van der Waals surface area contributed by atoms with Gasteiger partial charge in [-0.3, -0.25) is 0 Å². The molecule has 7 heteroatoms. The van der Waals surface area contributed by atoms with Crippen molar-refractivity contribution in [1.29, 1.82) is 0 Å². The SMILES string of the molecule is CCCCCCCOC(=O)COCCOCCOCC(=O)OCCCCCCC. The fraction of sp³-hybridized carbons (Fsp3) is 0.909. The molecule has 0 aliphatic rings. The van der Waals surface area contributed by atoms with Crippen LogP contribution in [-0.4, -0.2) is 64.8 Å². The van der Waals surface area contributed by atoms with Crippen LogP contribution in [0.25, 0.3) is 0 Å². The van der Waals surface area contributed by atoms with Crippen LogP contribution < -0.4 is 0 Å². The van der Waals surface area contributed by atoms with Crippen molar-refractivity contribution in [3.63, 3.8) is 0 Å². The van der Waals surface area contributed by atoms with Gasteiger partial charge in [0.05, 0.1) is 39.6 Å². The molecule has 0 saturated heterocycles. The molecule has 0 spiro atoms. The molecule has 0 aromatic rings. The van der Waals surface area contributed by atoms with Crippen molar-refractivity contribution in [2.75, 3.05) is 52.9 Å². The van der Waals surface area contributed by atoms with Crippen molar-refractivity contribution in [1.82, 2.24) is 0 Å². The summed E-state index contributed by atoms with van der Waals surface area (Å²) in [6.45, 7) is 6.48. The van der Waals surface area contributed by atoms with E-state index in [2.05, 4.69) is 13.8 Å². The van der Waals surface area contributed by atoms with Crippen LogP contribution >= 0.6 is 0 Å². The van der Waals surface area contributed by atoms with Gasteiger partial charge in [0.25, 0.3) is 0 Å². The van der Waals surface area contributed by atoms with Crippen molar-refractivity contribution in [3.8, 4) is 0 Å². The molecule has 0 aromatic heterocycles. The lowest BCUT2D eigenvalue weighted by Gasteiger charge is -2.08. The number of hydrogen-bond acceptors (Lipinski definition) is 7. The molecule has 0 bridgehead atoms. The lowest BCUT2D eigenvalue weighted by Crippen LogP contribution is -2.18. The Morgan fingerprint density at radius 2 is 0.862 bits per heavy atom. The number of hydrogen-bond donors (Lipinski definition) is 0. The van der Waals surface area contributed by atoms with Gasteiger partial charge in [-0.25, -0.2) is 9.59 Å². The summed E-state index contributed by atoms with van der Waals surface area (Å²) in [5.74, 6) is -0.680. The van der Waals surface area contributed by atoms with E-state index in [1.54, 1.807) is 0 Å². The molecular weight excluding hydrogens is 376 g/mol. The van der Waals surface area contributed by atoms with Crippen molar-refractivity contribution < 1.29 is 33.3 Å². The minimum Gasteiger partial charge on any atom is -0.464 e. The van der Waals surface area contributed by atoms with E-state index in [4.69, 9.17) is 23.7 Å². The second-order valence-corrected chi connectivity index (χ2v) is 6.99. The maximum Gasteiger partial charge on any atom is 0.332 e. The zero-order valence-electron chi connectivity index (χ0n) is 18.6. The van der Waals surface area contributed by atoms with Gasteiger partial charge in [-0.1, -0.05) is 65.2 Å². The van der Waals surface area contributed by atoms with E-state index >= 15 is 0 Å². The fourth-order valence-electron chi connectivity index (χ4n) is 2.52. The number of rotatable bonds is 22. The Kier molecular flexibility index (Phi) is 22.2. The highest BCUT2D eigenvalue weighted by molar-refractivity contribution is 5.70. The Bertz CT molecular complexity index is 340. The Morgan fingerprint density at radius 1 is 0.483 bits per heavy atom. The average Bonchev–Trinajstić information content (AvgIpc) is 2.71. The largest absolute Gasteiger partial charge is 0.464 e. The Hall–Kier alpha value is -1.18. The van der Waals surface area contributed by atoms with Crippen LogP contribution in [0, 0.1) is 0 Å². The van der Waals surface area contributed by atoms with E-state index in [1.165, 1.54) is 38.5 Å². The second-order valence-electron chi connectivity index (χ2n) is 6.99. The number of unbranched alkanes of at least 4 members (excludes halogenated alkanes) is 8. The van der Waals surface area contributed by atoms with Gasteiger partial charge < -0.3 is 23.7 Å². The average molecular weight is 419 g/mol. The molecule has 0 heterocycles. The third-order valence-corrected chi connectivity index (χ3v) is 4.21. The van der Waals surface area contributed by atoms with Gasteiger partial charge in [0.15, 0.2) is 0 Å². The minimum atomic E-state index is -0.340. The highest BCUT2D eigenvalue weighted by atomic mass is 16.6. The van der Waals surface area contributed by atoms with Crippen molar-refractivity contribution >= 4 is 11.9 Å². The van der Waals surface area contributed by atoms with Crippen LogP contribution in [0.2, 0.25) is 0 Å². The van der Waals surface area contributed by atoms with Crippen LogP contribution in [0.5, 0.6) is 0 Å². The quantitative estimate of drug-likeness (QED) is 0.194. The van der Waals surface area contributed by atoms with Crippen LogP contribution in [0.3, 0.4) is 0 Å². The highest BCUT2D eigenvalue weighted by Gasteiger charge is 2.04. The first-order valence-electron chi connectivity index (χ1n) is 11.2. The third kappa shape index (κ3) is 23.0. The monoisotopic (exact) mass is 418 g/mol. The van der Waals surface area contributed by atoms with E-state index in [1.807, 2.05) is 0 Å². The summed E-state index contributed by atoms with van der Waals surface area (Å²) in [6, 6.07) is 0. The number of esters is 2. The zero-order chi connectivity index (χ0) is 21.4. The first-order valence-corrected chi connectivity index (χ1v) is 11.2. The molecule has 0 unspecified atom stereocenters. The lowest BCUT2D eigenvalue weighted by molar-refractivity contribution is -0.149. The van der Waals surface area contributed by atoms with Gasteiger partial charge in [0.1, 0.15) is 13.2 Å². The van der Waals surface area contributed by atoms with E-state index in [9.17, 15) is 9.59 Å². The molecule has 172 valence electrons. The van der Waals surface area contributed by atoms with Gasteiger partial charge in [-0.15, -0.1) is 0 Å². The smallest absolute Gasteiger partial charge is 0.332 e. The summed E-state index contributed by atoms with van der Waals surface area (Å²) >= 11 is 0. The number of carbonyl (C=O) groups is 2. The summed E-state index contributed by atoms with van der Waals surface area (Å²) in [5, 5.41) is 0. The molecule has 29 heavy (non-hydrogen) atoms. The van der Waals surface area contributed by atoms with E-state index in [-0.39, 0.29) is 25.2 Å². The van der Waals surface area contributed by atoms with Crippen LogP contribution in [0.15, 0.2) is 0 Å². The predicted octanol–water partition coefficient (Wildman–Crippen LogP) is 4.06. The maximum atomic E-state index is 11.5. The summed E-state index contributed by atoms with van der Waals surface area (Å²) in [6.07, 6.45) is 11.2. The number of ether oxygens (including phenoxy) is 5.